The van der Waals surface area contributed by atoms with Crippen molar-refractivity contribution >= 4 is 49.9 Å². The summed E-state index contributed by atoms with van der Waals surface area (Å²) in [6.45, 7) is 0. The number of anilines is 1. The Morgan fingerprint density at radius 3 is 2.38 bits per heavy atom. The fraction of sp³-hybridized carbons (Fsp3) is 0. The van der Waals surface area contributed by atoms with Crippen LogP contribution in [0.5, 0.6) is 0 Å². The van der Waals surface area contributed by atoms with Crippen LogP contribution < -0.4 is 4.72 Å². The summed E-state index contributed by atoms with van der Waals surface area (Å²) in [5, 5.41) is 0.476. The summed E-state index contributed by atoms with van der Waals surface area (Å²) < 4.78 is 30.1. The van der Waals surface area contributed by atoms with Crippen LogP contribution >= 0.6 is 23.2 Å². The fourth-order valence-corrected chi connectivity index (χ4v) is 4.69. The number of fused-ring (bicyclic) bond motifs is 1. The molecule has 0 atom stereocenters. The van der Waals surface area contributed by atoms with Gasteiger partial charge in [0.15, 0.2) is 10.3 Å². The number of benzene rings is 3. The first kappa shape index (κ1) is 20.6. The number of rotatable bonds is 5. The van der Waals surface area contributed by atoms with Gasteiger partial charge >= 0.3 is 0 Å². The minimum absolute atomic E-state index is 0.127. The fourth-order valence-electron chi connectivity index (χ4n) is 3.28. The van der Waals surface area contributed by atoms with Crippen molar-refractivity contribution in [3.05, 3.63) is 89.4 Å². The highest BCUT2D eigenvalue weighted by molar-refractivity contribution is 7.92. The topological polar surface area (TPSA) is 92.7 Å². The van der Waals surface area contributed by atoms with E-state index in [1.54, 1.807) is 41.0 Å². The summed E-state index contributed by atoms with van der Waals surface area (Å²) in [6.07, 6.45) is 1.49. The van der Waals surface area contributed by atoms with Gasteiger partial charge in [0.2, 0.25) is 0 Å². The zero-order chi connectivity index (χ0) is 22.3. The first-order valence-electron chi connectivity index (χ1n) is 9.47. The maximum atomic E-state index is 12.9. The Morgan fingerprint density at radius 1 is 0.938 bits per heavy atom. The van der Waals surface area contributed by atoms with Gasteiger partial charge in [-0.1, -0.05) is 53.5 Å². The summed E-state index contributed by atoms with van der Waals surface area (Å²) in [7, 11) is -3.81. The molecular formula is C22H15Cl2N5O2S. The molecule has 5 aromatic rings. The van der Waals surface area contributed by atoms with Crippen molar-refractivity contribution in [2.24, 2.45) is 0 Å². The van der Waals surface area contributed by atoms with Crippen molar-refractivity contribution in [1.29, 1.82) is 0 Å². The minimum Gasteiger partial charge on any atom is -0.338 e. The van der Waals surface area contributed by atoms with E-state index in [9.17, 15) is 8.42 Å². The molecule has 2 heterocycles. The number of halogens is 2. The number of H-pyrrole nitrogens is 1. The Balaban J connectivity index is 1.41. The van der Waals surface area contributed by atoms with Crippen molar-refractivity contribution in [2.75, 3.05) is 4.72 Å². The Labute approximate surface area is 193 Å². The zero-order valence-electron chi connectivity index (χ0n) is 16.3. The molecule has 0 saturated carbocycles. The molecule has 32 heavy (non-hydrogen) atoms. The van der Waals surface area contributed by atoms with E-state index in [1.165, 1.54) is 12.4 Å². The summed E-state index contributed by atoms with van der Waals surface area (Å²) >= 11 is 12.0. The van der Waals surface area contributed by atoms with Gasteiger partial charge in [-0.05, 0) is 42.5 Å². The molecule has 0 aliphatic carbocycles. The van der Waals surface area contributed by atoms with Crippen LogP contribution in [0, 0.1) is 0 Å². The van der Waals surface area contributed by atoms with Crippen molar-refractivity contribution in [3.63, 3.8) is 0 Å². The molecule has 0 fully saturated rings. The largest absolute Gasteiger partial charge is 0.338 e. The molecule has 0 radical (unpaired) electrons. The standard InChI is InChI=1S/C22H15Cl2N5O2S/c23-20-21(24)29(13-25-20)16-8-6-15(7-9-16)28-32(30,31)17-10-11-18-19(12-17)27-22(26-18)14-4-2-1-3-5-14/h1-13,28H,(H,26,27). The molecule has 0 saturated heterocycles. The van der Waals surface area contributed by atoms with Crippen LogP contribution in [0.1, 0.15) is 0 Å². The van der Waals surface area contributed by atoms with Gasteiger partial charge in [-0.25, -0.2) is 18.4 Å². The molecule has 0 bridgehead atoms. The predicted octanol–water partition coefficient (Wildman–Crippen LogP) is 5.52. The number of aromatic nitrogens is 4. The van der Waals surface area contributed by atoms with Gasteiger partial charge < -0.3 is 4.98 Å². The van der Waals surface area contributed by atoms with Gasteiger partial charge in [-0.2, -0.15) is 0 Å². The van der Waals surface area contributed by atoms with Crippen molar-refractivity contribution in [2.45, 2.75) is 4.90 Å². The van der Waals surface area contributed by atoms with E-state index in [1.807, 2.05) is 30.3 Å². The number of nitrogens with one attached hydrogen (secondary N) is 2. The first-order valence-corrected chi connectivity index (χ1v) is 11.7. The maximum Gasteiger partial charge on any atom is 0.261 e. The summed E-state index contributed by atoms with van der Waals surface area (Å²) in [5.74, 6) is 0.678. The van der Waals surface area contributed by atoms with E-state index in [-0.39, 0.29) is 15.2 Å². The predicted molar refractivity (Wildman–Crippen MR) is 126 cm³/mol. The van der Waals surface area contributed by atoms with Gasteiger partial charge in [0.05, 0.1) is 15.9 Å². The highest BCUT2D eigenvalue weighted by atomic mass is 35.5. The molecule has 0 unspecified atom stereocenters. The van der Waals surface area contributed by atoms with Crippen LogP contribution in [0.2, 0.25) is 10.3 Å². The number of aromatic amines is 1. The Bertz CT molecular complexity index is 1530. The molecule has 0 aliphatic heterocycles. The van der Waals surface area contributed by atoms with Crippen LogP contribution in [0.25, 0.3) is 28.1 Å². The number of hydrogen-bond donors (Lipinski definition) is 2. The molecule has 0 amide bonds. The molecule has 0 aliphatic rings. The van der Waals surface area contributed by atoms with E-state index in [0.717, 1.165) is 5.56 Å². The van der Waals surface area contributed by atoms with Crippen LogP contribution in [0.4, 0.5) is 5.69 Å². The molecular weight excluding hydrogens is 469 g/mol. The van der Waals surface area contributed by atoms with E-state index in [4.69, 9.17) is 23.2 Å². The number of sulfonamides is 1. The third-order valence-electron chi connectivity index (χ3n) is 4.88. The molecule has 0 spiro atoms. The summed E-state index contributed by atoms with van der Waals surface area (Å²) in [4.78, 5) is 11.8. The molecule has 10 heteroatoms. The van der Waals surface area contributed by atoms with E-state index in [2.05, 4.69) is 19.7 Å². The van der Waals surface area contributed by atoms with Gasteiger partial charge in [-0.15, -0.1) is 0 Å². The van der Waals surface area contributed by atoms with Crippen molar-refractivity contribution in [1.82, 2.24) is 19.5 Å². The van der Waals surface area contributed by atoms with E-state index < -0.39 is 10.0 Å². The lowest BCUT2D eigenvalue weighted by molar-refractivity contribution is 0.601. The lowest BCUT2D eigenvalue weighted by atomic mass is 10.2. The zero-order valence-corrected chi connectivity index (χ0v) is 18.7. The monoisotopic (exact) mass is 483 g/mol. The third kappa shape index (κ3) is 3.84. The number of nitrogens with zero attached hydrogens (tertiary/aromatic N) is 3. The third-order valence-corrected chi connectivity index (χ3v) is 6.99. The van der Waals surface area contributed by atoms with Crippen molar-refractivity contribution < 1.29 is 8.42 Å². The van der Waals surface area contributed by atoms with Gasteiger partial charge in [0.1, 0.15) is 12.2 Å². The van der Waals surface area contributed by atoms with Gasteiger partial charge in [0, 0.05) is 16.9 Å². The number of hydrogen-bond acceptors (Lipinski definition) is 4. The molecule has 2 N–H and O–H groups in total. The second kappa shape index (κ2) is 7.98. The van der Waals surface area contributed by atoms with Crippen LogP contribution in [0.15, 0.2) is 84.0 Å². The summed E-state index contributed by atoms with van der Waals surface area (Å²) in [5.41, 5.74) is 3.35. The van der Waals surface area contributed by atoms with Gasteiger partial charge in [0.25, 0.3) is 10.0 Å². The highest BCUT2D eigenvalue weighted by Gasteiger charge is 2.17. The number of imidazole rings is 2. The van der Waals surface area contributed by atoms with Crippen LogP contribution in [-0.4, -0.2) is 27.9 Å². The van der Waals surface area contributed by atoms with Gasteiger partial charge in [-0.3, -0.25) is 9.29 Å². The Morgan fingerprint density at radius 2 is 1.69 bits per heavy atom. The molecule has 160 valence electrons. The van der Waals surface area contributed by atoms with Crippen molar-refractivity contribution in [3.8, 4) is 17.1 Å². The normalized spacial score (nSPS) is 11.7. The molecule has 5 rings (SSSR count). The lowest BCUT2D eigenvalue weighted by Gasteiger charge is -2.10. The second-order valence-corrected chi connectivity index (χ2v) is 9.38. The quantitative estimate of drug-likeness (QED) is 0.344. The van der Waals surface area contributed by atoms with Crippen LogP contribution in [-0.2, 0) is 10.0 Å². The highest BCUT2D eigenvalue weighted by Crippen LogP contribution is 2.26. The molecule has 2 aromatic heterocycles. The molecule has 7 nitrogen and oxygen atoms in total. The minimum atomic E-state index is -3.81. The second-order valence-electron chi connectivity index (χ2n) is 6.98. The van der Waals surface area contributed by atoms with E-state index >= 15 is 0 Å². The lowest BCUT2D eigenvalue weighted by Crippen LogP contribution is -2.12. The SMILES string of the molecule is O=S(=O)(Nc1ccc(-n2cnc(Cl)c2Cl)cc1)c1ccc2nc(-c3ccccc3)[nH]c2c1. The smallest absolute Gasteiger partial charge is 0.261 e. The van der Waals surface area contributed by atoms with E-state index in [0.29, 0.717) is 28.2 Å². The first-order chi connectivity index (χ1) is 15.4. The average molecular weight is 484 g/mol. The van der Waals surface area contributed by atoms with Crippen LogP contribution in [0.3, 0.4) is 0 Å². The Kier molecular flexibility index (Phi) is 5.13. The molecule has 3 aromatic carbocycles. The summed E-state index contributed by atoms with van der Waals surface area (Å²) in [6, 6.07) is 21.1. The average Bonchev–Trinajstić information content (AvgIpc) is 3.38. The maximum absolute atomic E-state index is 12.9. The Hall–Kier alpha value is -3.33.